The summed E-state index contributed by atoms with van der Waals surface area (Å²) in [4.78, 5) is 11.7. The maximum Gasteiger partial charge on any atom is 0.417 e. The van der Waals surface area contributed by atoms with Crippen LogP contribution in [-0.2, 0) is 6.18 Å². The lowest BCUT2D eigenvalue weighted by Gasteiger charge is -2.13. The van der Waals surface area contributed by atoms with Gasteiger partial charge in [0.1, 0.15) is 5.69 Å². The summed E-state index contributed by atoms with van der Waals surface area (Å²) in [5, 5.41) is 2.88. The Balaban J connectivity index is 2.60. The summed E-state index contributed by atoms with van der Waals surface area (Å²) in [5.74, 6) is 0.309. The molecule has 0 aliphatic rings. The Morgan fingerprint density at radius 3 is 2.58 bits per heavy atom. The Morgan fingerprint density at radius 2 is 1.89 bits per heavy atom. The van der Waals surface area contributed by atoms with Gasteiger partial charge < -0.3 is 5.32 Å². The number of hydrogen-bond acceptors (Lipinski definition) is 4. The van der Waals surface area contributed by atoms with Gasteiger partial charge in [-0.25, -0.2) is 4.98 Å². The summed E-state index contributed by atoms with van der Waals surface area (Å²) in [6.07, 6.45) is 0.566. The topological polar surface area (TPSA) is 50.7 Å². The van der Waals surface area contributed by atoms with Crippen LogP contribution in [0.2, 0.25) is 0 Å². The maximum atomic E-state index is 13.0. The molecule has 1 N–H and O–H groups in total. The molecule has 2 heterocycles. The van der Waals surface area contributed by atoms with Gasteiger partial charge in [-0.1, -0.05) is 0 Å². The van der Waals surface area contributed by atoms with Gasteiger partial charge in [0, 0.05) is 36.9 Å². The van der Waals surface area contributed by atoms with Crippen molar-refractivity contribution in [3.05, 3.63) is 36.4 Å². The Labute approximate surface area is 107 Å². The van der Waals surface area contributed by atoms with E-state index in [9.17, 15) is 13.2 Å². The standard InChI is InChI=1S/C12H11F3N4/c1-2-17-11-10(18-5-6-19-11)8-7-16-4-3-9(8)12(13,14)15/h3-7H,2H2,1H3,(H,17,19). The zero-order valence-electron chi connectivity index (χ0n) is 10.1. The molecule has 0 spiro atoms. The van der Waals surface area contributed by atoms with E-state index in [1.807, 2.05) is 6.92 Å². The lowest BCUT2D eigenvalue weighted by Crippen LogP contribution is -2.10. The predicted octanol–water partition coefficient (Wildman–Crippen LogP) is 2.99. The van der Waals surface area contributed by atoms with Crippen LogP contribution in [0, 0.1) is 0 Å². The Kier molecular flexibility index (Phi) is 3.64. The molecule has 0 saturated heterocycles. The molecule has 0 amide bonds. The lowest BCUT2D eigenvalue weighted by atomic mass is 10.1. The predicted molar refractivity (Wildman–Crippen MR) is 64.4 cm³/mol. The Hall–Kier alpha value is -2.18. The van der Waals surface area contributed by atoms with Crippen molar-refractivity contribution in [1.29, 1.82) is 0 Å². The van der Waals surface area contributed by atoms with Crippen LogP contribution < -0.4 is 5.32 Å². The molecule has 2 aromatic rings. The first-order valence-corrected chi connectivity index (χ1v) is 5.60. The monoisotopic (exact) mass is 268 g/mol. The van der Waals surface area contributed by atoms with Gasteiger partial charge in [-0.2, -0.15) is 13.2 Å². The summed E-state index contributed by atoms with van der Waals surface area (Å²) in [6, 6.07) is 0.930. The fraction of sp³-hybridized carbons (Fsp3) is 0.250. The van der Waals surface area contributed by atoms with E-state index in [2.05, 4.69) is 20.3 Å². The van der Waals surface area contributed by atoms with Gasteiger partial charge >= 0.3 is 6.18 Å². The van der Waals surface area contributed by atoms with Crippen molar-refractivity contribution in [2.45, 2.75) is 13.1 Å². The highest BCUT2D eigenvalue weighted by Gasteiger charge is 2.34. The second-order valence-corrected chi connectivity index (χ2v) is 3.70. The normalized spacial score (nSPS) is 11.4. The van der Waals surface area contributed by atoms with Crippen molar-refractivity contribution < 1.29 is 13.2 Å². The summed E-state index contributed by atoms with van der Waals surface area (Å²) in [5.41, 5.74) is -0.717. The van der Waals surface area contributed by atoms with Crippen molar-refractivity contribution in [3.63, 3.8) is 0 Å². The third-order valence-corrected chi connectivity index (χ3v) is 2.42. The van der Waals surface area contributed by atoms with Crippen LogP contribution in [0.1, 0.15) is 12.5 Å². The van der Waals surface area contributed by atoms with E-state index in [0.29, 0.717) is 12.4 Å². The van der Waals surface area contributed by atoms with Gasteiger partial charge in [-0.05, 0) is 13.0 Å². The number of hydrogen-bond donors (Lipinski definition) is 1. The zero-order chi connectivity index (χ0) is 13.9. The molecule has 0 atom stereocenters. The molecule has 0 unspecified atom stereocenters. The molecule has 0 radical (unpaired) electrons. The van der Waals surface area contributed by atoms with Crippen LogP contribution in [0.15, 0.2) is 30.9 Å². The molecule has 19 heavy (non-hydrogen) atoms. The molecule has 0 fully saturated rings. The van der Waals surface area contributed by atoms with Crippen molar-refractivity contribution >= 4 is 5.82 Å². The van der Waals surface area contributed by atoms with Crippen molar-refractivity contribution in [2.75, 3.05) is 11.9 Å². The van der Waals surface area contributed by atoms with E-state index in [4.69, 9.17) is 0 Å². The van der Waals surface area contributed by atoms with E-state index < -0.39 is 11.7 Å². The molecule has 0 aliphatic carbocycles. The highest BCUT2D eigenvalue weighted by molar-refractivity contribution is 5.73. The molecule has 0 aromatic carbocycles. The van der Waals surface area contributed by atoms with Crippen LogP contribution in [0.5, 0.6) is 0 Å². The summed E-state index contributed by atoms with van der Waals surface area (Å²) in [7, 11) is 0. The third kappa shape index (κ3) is 2.81. The first-order chi connectivity index (χ1) is 9.04. The number of alkyl halides is 3. The van der Waals surface area contributed by atoms with Gasteiger partial charge in [-0.15, -0.1) is 0 Å². The average molecular weight is 268 g/mol. The molecule has 7 heteroatoms. The molecular weight excluding hydrogens is 257 g/mol. The van der Waals surface area contributed by atoms with Crippen LogP contribution >= 0.6 is 0 Å². The van der Waals surface area contributed by atoms with Crippen molar-refractivity contribution in [2.24, 2.45) is 0 Å². The van der Waals surface area contributed by atoms with E-state index in [1.54, 1.807) is 0 Å². The first kappa shape index (κ1) is 13.3. The van der Waals surface area contributed by atoms with E-state index in [-0.39, 0.29) is 11.3 Å². The van der Waals surface area contributed by atoms with E-state index >= 15 is 0 Å². The summed E-state index contributed by atoms with van der Waals surface area (Å²) in [6.45, 7) is 2.36. The quantitative estimate of drug-likeness (QED) is 0.929. The molecular formula is C12H11F3N4. The van der Waals surface area contributed by atoms with E-state index in [1.165, 1.54) is 12.4 Å². The number of pyridine rings is 1. The second kappa shape index (κ2) is 5.21. The van der Waals surface area contributed by atoms with Crippen LogP contribution in [-0.4, -0.2) is 21.5 Å². The van der Waals surface area contributed by atoms with Gasteiger partial charge in [0.25, 0.3) is 0 Å². The van der Waals surface area contributed by atoms with Crippen molar-refractivity contribution in [3.8, 4) is 11.3 Å². The fourth-order valence-electron chi connectivity index (χ4n) is 1.66. The minimum absolute atomic E-state index is 0.0842. The maximum absolute atomic E-state index is 13.0. The number of aromatic nitrogens is 3. The van der Waals surface area contributed by atoms with Crippen molar-refractivity contribution in [1.82, 2.24) is 15.0 Å². The van der Waals surface area contributed by atoms with Gasteiger partial charge in [0.2, 0.25) is 0 Å². The highest BCUT2D eigenvalue weighted by atomic mass is 19.4. The third-order valence-electron chi connectivity index (χ3n) is 2.42. The minimum atomic E-state index is -4.46. The largest absolute Gasteiger partial charge is 0.417 e. The zero-order valence-corrected chi connectivity index (χ0v) is 10.1. The average Bonchev–Trinajstić information content (AvgIpc) is 2.39. The fourth-order valence-corrected chi connectivity index (χ4v) is 1.66. The smallest absolute Gasteiger partial charge is 0.369 e. The number of rotatable bonds is 3. The molecule has 2 rings (SSSR count). The van der Waals surface area contributed by atoms with Crippen LogP contribution in [0.3, 0.4) is 0 Å². The molecule has 4 nitrogen and oxygen atoms in total. The first-order valence-electron chi connectivity index (χ1n) is 5.60. The van der Waals surface area contributed by atoms with Gasteiger partial charge in [0.15, 0.2) is 5.82 Å². The molecule has 0 bridgehead atoms. The lowest BCUT2D eigenvalue weighted by molar-refractivity contribution is -0.137. The summed E-state index contributed by atoms with van der Waals surface area (Å²) < 4.78 is 38.9. The molecule has 100 valence electrons. The molecule has 2 aromatic heterocycles. The number of nitrogens with one attached hydrogen (secondary N) is 1. The molecule has 0 aliphatic heterocycles. The van der Waals surface area contributed by atoms with Crippen LogP contribution in [0.4, 0.5) is 19.0 Å². The Morgan fingerprint density at radius 1 is 1.16 bits per heavy atom. The minimum Gasteiger partial charge on any atom is -0.369 e. The highest BCUT2D eigenvalue weighted by Crippen LogP contribution is 2.37. The van der Waals surface area contributed by atoms with Crippen LogP contribution in [0.25, 0.3) is 11.3 Å². The van der Waals surface area contributed by atoms with Gasteiger partial charge in [0.05, 0.1) is 5.56 Å². The number of anilines is 1. The molecule has 0 saturated carbocycles. The summed E-state index contributed by atoms with van der Waals surface area (Å²) >= 11 is 0. The van der Waals surface area contributed by atoms with E-state index in [0.717, 1.165) is 18.5 Å². The Bertz CT molecular complexity index is 569. The SMILES string of the molecule is CCNc1nccnc1-c1cnccc1C(F)(F)F. The second-order valence-electron chi connectivity index (χ2n) is 3.70. The number of nitrogens with zero attached hydrogens (tertiary/aromatic N) is 3. The van der Waals surface area contributed by atoms with Gasteiger partial charge in [-0.3, -0.25) is 9.97 Å². The number of halogens is 3.